The van der Waals surface area contributed by atoms with E-state index in [4.69, 9.17) is 27.7 Å². The highest BCUT2D eigenvalue weighted by molar-refractivity contribution is 7.91. The van der Waals surface area contributed by atoms with Gasteiger partial charge in [0.1, 0.15) is 17.0 Å². The number of hydrogen-bond donors (Lipinski definition) is 0. The molecular formula is C22H20Cl2N2O4S. The van der Waals surface area contributed by atoms with Gasteiger partial charge in [0.2, 0.25) is 0 Å². The Hall–Kier alpha value is -2.35. The molecule has 0 spiro atoms. The minimum absolute atomic E-state index is 0.0781. The molecule has 2 aromatic carbocycles. The van der Waals surface area contributed by atoms with Crippen LogP contribution in [-0.2, 0) is 9.84 Å². The molecular weight excluding hydrogens is 459 g/mol. The Morgan fingerprint density at radius 1 is 1.06 bits per heavy atom. The summed E-state index contributed by atoms with van der Waals surface area (Å²) in [7, 11) is -3.49. The second kappa shape index (κ2) is 8.65. The summed E-state index contributed by atoms with van der Waals surface area (Å²) in [4.78, 5) is 15.0. The monoisotopic (exact) mass is 478 g/mol. The number of hydrogen-bond acceptors (Lipinski definition) is 5. The Morgan fingerprint density at radius 2 is 1.74 bits per heavy atom. The first-order valence-electron chi connectivity index (χ1n) is 9.76. The highest BCUT2D eigenvalue weighted by atomic mass is 35.5. The number of benzene rings is 2. The normalized spacial score (nSPS) is 18.5. The second-order valence-corrected chi connectivity index (χ2v) is 10.5. The second-order valence-electron chi connectivity index (χ2n) is 7.40. The van der Waals surface area contributed by atoms with E-state index in [0.29, 0.717) is 38.2 Å². The Morgan fingerprint density at radius 3 is 2.45 bits per heavy atom. The van der Waals surface area contributed by atoms with Crippen molar-refractivity contribution in [1.82, 2.24) is 10.1 Å². The molecule has 0 aliphatic carbocycles. The standard InChI is InChI=1S/C22H20Cl2N2O4S/c1-14-20(21(25-30-14)16-7-3-5-9-18(16)24)22(27)26-11-10-19(31(28,29)13-12-26)15-6-2-4-8-17(15)23/h2-9,19H,10-13H2,1H3. The van der Waals surface area contributed by atoms with Gasteiger partial charge in [-0.3, -0.25) is 4.79 Å². The molecule has 1 amide bonds. The van der Waals surface area contributed by atoms with Crippen LogP contribution in [0.5, 0.6) is 0 Å². The number of nitrogens with zero attached hydrogens (tertiary/aromatic N) is 2. The van der Waals surface area contributed by atoms with Gasteiger partial charge in [-0.1, -0.05) is 64.8 Å². The van der Waals surface area contributed by atoms with Crippen LogP contribution in [-0.4, -0.2) is 43.2 Å². The molecule has 1 fully saturated rings. The Kier molecular flexibility index (Phi) is 6.10. The molecule has 1 saturated heterocycles. The molecule has 4 rings (SSSR count). The van der Waals surface area contributed by atoms with Crippen LogP contribution in [0.3, 0.4) is 0 Å². The summed E-state index contributed by atoms with van der Waals surface area (Å²) in [5.74, 6) is -0.126. The van der Waals surface area contributed by atoms with Crippen LogP contribution < -0.4 is 0 Å². The van der Waals surface area contributed by atoms with E-state index in [1.807, 2.05) is 0 Å². The number of sulfone groups is 1. The first-order chi connectivity index (χ1) is 14.8. The van der Waals surface area contributed by atoms with Crippen molar-refractivity contribution in [3.05, 3.63) is 75.5 Å². The molecule has 0 saturated carbocycles. The van der Waals surface area contributed by atoms with E-state index in [9.17, 15) is 13.2 Å². The lowest BCUT2D eigenvalue weighted by atomic mass is 10.0. The van der Waals surface area contributed by atoms with Gasteiger partial charge >= 0.3 is 0 Å². The van der Waals surface area contributed by atoms with Crippen LogP contribution in [0.25, 0.3) is 11.3 Å². The van der Waals surface area contributed by atoms with Crippen molar-refractivity contribution < 1.29 is 17.7 Å². The van der Waals surface area contributed by atoms with E-state index in [0.717, 1.165) is 0 Å². The minimum atomic E-state index is -3.49. The van der Waals surface area contributed by atoms with Crippen molar-refractivity contribution in [2.24, 2.45) is 0 Å². The Bertz CT molecular complexity index is 1240. The minimum Gasteiger partial charge on any atom is -0.360 e. The number of aryl methyl sites for hydroxylation is 1. The third-order valence-electron chi connectivity index (χ3n) is 5.49. The third kappa shape index (κ3) is 4.22. The fraction of sp³-hybridized carbons (Fsp3) is 0.273. The highest BCUT2D eigenvalue weighted by Crippen LogP contribution is 2.35. The summed E-state index contributed by atoms with van der Waals surface area (Å²) < 4.78 is 31.2. The summed E-state index contributed by atoms with van der Waals surface area (Å²) in [6.45, 7) is 2.00. The Labute approximate surface area is 190 Å². The van der Waals surface area contributed by atoms with Gasteiger partial charge in [-0.15, -0.1) is 0 Å². The number of carbonyl (C=O) groups excluding carboxylic acids is 1. The molecule has 1 unspecified atom stereocenters. The summed E-state index contributed by atoms with van der Waals surface area (Å²) in [6.07, 6.45) is 0.254. The molecule has 1 aliphatic heterocycles. The van der Waals surface area contributed by atoms with Gasteiger partial charge in [-0.05, 0) is 31.0 Å². The van der Waals surface area contributed by atoms with Crippen molar-refractivity contribution in [1.29, 1.82) is 0 Å². The van der Waals surface area contributed by atoms with Gasteiger partial charge in [0.15, 0.2) is 9.84 Å². The summed E-state index contributed by atoms with van der Waals surface area (Å²) in [5, 5.41) is 4.14. The summed E-state index contributed by atoms with van der Waals surface area (Å²) in [6, 6.07) is 14.0. The first-order valence-corrected chi connectivity index (χ1v) is 12.2. The van der Waals surface area contributed by atoms with Crippen molar-refractivity contribution >= 4 is 38.9 Å². The summed E-state index contributed by atoms with van der Waals surface area (Å²) in [5.41, 5.74) is 1.79. The van der Waals surface area contributed by atoms with Crippen molar-refractivity contribution in [3.63, 3.8) is 0 Å². The SMILES string of the molecule is Cc1onc(-c2ccccc2Cl)c1C(=O)N1CCC(c2ccccc2Cl)S(=O)(=O)CC1. The number of rotatable bonds is 3. The lowest BCUT2D eigenvalue weighted by molar-refractivity contribution is 0.0765. The zero-order valence-corrected chi connectivity index (χ0v) is 19.0. The molecule has 9 heteroatoms. The average molecular weight is 479 g/mol. The largest absolute Gasteiger partial charge is 0.360 e. The average Bonchev–Trinajstić information content (AvgIpc) is 3.04. The van der Waals surface area contributed by atoms with Gasteiger partial charge in [0, 0.05) is 23.7 Å². The molecule has 31 heavy (non-hydrogen) atoms. The molecule has 0 radical (unpaired) electrons. The van der Waals surface area contributed by atoms with Crippen molar-refractivity contribution in [2.45, 2.75) is 18.6 Å². The van der Waals surface area contributed by atoms with Gasteiger partial charge in [0.25, 0.3) is 5.91 Å². The zero-order chi connectivity index (χ0) is 22.2. The smallest absolute Gasteiger partial charge is 0.259 e. The number of halogens is 2. The van der Waals surface area contributed by atoms with Crippen LogP contribution in [0.15, 0.2) is 53.1 Å². The van der Waals surface area contributed by atoms with E-state index in [-0.39, 0.29) is 31.2 Å². The molecule has 0 bridgehead atoms. The molecule has 1 aromatic heterocycles. The lowest BCUT2D eigenvalue weighted by Crippen LogP contribution is -2.34. The van der Waals surface area contributed by atoms with E-state index in [2.05, 4.69) is 5.16 Å². The van der Waals surface area contributed by atoms with Crippen LogP contribution in [0.2, 0.25) is 10.0 Å². The lowest BCUT2D eigenvalue weighted by Gasteiger charge is -2.20. The van der Waals surface area contributed by atoms with Gasteiger partial charge < -0.3 is 9.42 Å². The fourth-order valence-corrected chi connectivity index (χ4v) is 6.23. The third-order valence-corrected chi connectivity index (χ3v) is 8.27. The molecule has 3 aromatic rings. The number of amides is 1. The predicted molar refractivity (Wildman–Crippen MR) is 120 cm³/mol. The van der Waals surface area contributed by atoms with Crippen LogP contribution in [0.1, 0.15) is 33.4 Å². The van der Waals surface area contributed by atoms with Gasteiger partial charge in [0.05, 0.1) is 16.0 Å². The summed E-state index contributed by atoms with van der Waals surface area (Å²) >= 11 is 12.6. The molecule has 1 aliphatic rings. The predicted octanol–water partition coefficient (Wildman–Crippen LogP) is 4.96. The maximum absolute atomic E-state index is 13.4. The molecule has 1 atom stereocenters. The van der Waals surface area contributed by atoms with Gasteiger partial charge in [-0.25, -0.2) is 8.42 Å². The molecule has 0 N–H and O–H groups in total. The topological polar surface area (TPSA) is 80.5 Å². The first kappa shape index (κ1) is 21.9. The van der Waals surface area contributed by atoms with E-state index < -0.39 is 15.1 Å². The van der Waals surface area contributed by atoms with E-state index in [1.165, 1.54) is 4.90 Å². The van der Waals surface area contributed by atoms with Crippen LogP contribution >= 0.6 is 23.2 Å². The maximum atomic E-state index is 13.4. The van der Waals surface area contributed by atoms with Gasteiger partial charge in [-0.2, -0.15) is 0 Å². The number of aromatic nitrogens is 1. The Balaban J connectivity index is 1.66. The maximum Gasteiger partial charge on any atom is 0.259 e. The van der Waals surface area contributed by atoms with E-state index >= 15 is 0 Å². The van der Waals surface area contributed by atoms with Crippen molar-refractivity contribution in [2.75, 3.05) is 18.8 Å². The molecule has 2 heterocycles. The van der Waals surface area contributed by atoms with Crippen LogP contribution in [0, 0.1) is 6.92 Å². The zero-order valence-electron chi connectivity index (χ0n) is 16.7. The fourth-order valence-electron chi connectivity index (χ4n) is 3.85. The van der Waals surface area contributed by atoms with Crippen molar-refractivity contribution in [3.8, 4) is 11.3 Å². The number of carbonyl (C=O) groups is 1. The van der Waals surface area contributed by atoms with E-state index in [1.54, 1.807) is 55.5 Å². The highest BCUT2D eigenvalue weighted by Gasteiger charge is 2.35. The quantitative estimate of drug-likeness (QED) is 0.531. The molecule has 6 nitrogen and oxygen atoms in total. The molecule has 162 valence electrons. The van der Waals surface area contributed by atoms with Crippen LogP contribution in [0.4, 0.5) is 0 Å².